The number of halogens is 1. The summed E-state index contributed by atoms with van der Waals surface area (Å²) in [6, 6.07) is 5.24. The number of carbonyl (C=O) groups is 1. The van der Waals surface area contributed by atoms with Crippen LogP contribution in [-0.2, 0) is 0 Å². The topological polar surface area (TPSA) is 57.5 Å². The predicted octanol–water partition coefficient (Wildman–Crippen LogP) is 1.71. The molecule has 0 aromatic heterocycles. The van der Waals surface area contributed by atoms with Crippen molar-refractivity contribution in [1.29, 1.82) is 0 Å². The Labute approximate surface area is 101 Å². The Hall–Kier alpha value is -0.360. The minimum absolute atomic E-state index is 0.239. The molecule has 5 heteroatoms. The van der Waals surface area contributed by atoms with E-state index < -0.39 is 6.10 Å². The van der Waals surface area contributed by atoms with E-state index >= 15 is 0 Å². The fraction of sp³-hybridized carbons (Fsp3) is 0.300. The molecule has 2 N–H and O–H groups in total. The van der Waals surface area contributed by atoms with Crippen molar-refractivity contribution < 1.29 is 15.0 Å². The van der Waals surface area contributed by atoms with Gasteiger partial charge in [-0.05, 0) is 28.1 Å². The monoisotopic (exact) mass is 290 g/mol. The molecule has 0 aliphatic rings. The van der Waals surface area contributed by atoms with Crippen molar-refractivity contribution in [3.63, 3.8) is 0 Å². The Kier molecular flexibility index (Phi) is 5.31. The number of hydrogen-bond acceptors (Lipinski definition) is 4. The van der Waals surface area contributed by atoms with Gasteiger partial charge < -0.3 is 10.2 Å². The summed E-state index contributed by atoms with van der Waals surface area (Å²) < 4.78 is 0.822. The van der Waals surface area contributed by atoms with Gasteiger partial charge in [0.05, 0.1) is 12.7 Å². The third-order valence-corrected chi connectivity index (χ3v) is 3.87. The minimum Gasteiger partial charge on any atom is -0.394 e. The molecule has 0 radical (unpaired) electrons. The van der Waals surface area contributed by atoms with Crippen LogP contribution in [0.25, 0.3) is 0 Å². The first kappa shape index (κ1) is 12.7. The Morgan fingerprint density at radius 2 is 2.27 bits per heavy atom. The number of aldehydes is 1. The average Bonchev–Trinajstić information content (AvgIpc) is 2.26. The van der Waals surface area contributed by atoms with Crippen molar-refractivity contribution in [3.05, 3.63) is 28.2 Å². The largest absolute Gasteiger partial charge is 0.394 e. The molecule has 1 atom stereocenters. The van der Waals surface area contributed by atoms with E-state index in [2.05, 4.69) is 15.9 Å². The number of benzene rings is 1. The Bertz CT molecular complexity index is 343. The number of thioether (sulfide) groups is 1. The zero-order valence-electron chi connectivity index (χ0n) is 7.89. The van der Waals surface area contributed by atoms with Gasteiger partial charge in [-0.1, -0.05) is 6.07 Å². The molecule has 0 spiro atoms. The van der Waals surface area contributed by atoms with Crippen LogP contribution in [0.5, 0.6) is 0 Å². The highest BCUT2D eigenvalue weighted by Gasteiger charge is 2.06. The summed E-state index contributed by atoms with van der Waals surface area (Å²) in [5.74, 6) is 0.426. The lowest BCUT2D eigenvalue weighted by atomic mass is 10.2. The van der Waals surface area contributed by atoms with Crippen LogP contribution in [0.1, 0.15) is 10.4 Å². The van der Waals surface area contributed by atoms with Crippen LogP contribution in [0.2, 0.25) is 0 Å². The summed E-state index contributed by atoms with van der Waals surface area (Å²) in [6.07, 6.45) is 0.0644. The molecule has 15 heavy (non-hydrogen) atoms. The fourth-order valence-electron chi connectivity index (χ4n) is 0.946. The lowest BCUT2D eigenvalue weighted by Gasteiger charge is -2.08. The maximum atomic E-state index is 10.5. The minimum atomic E-state index is -0.715. The van der Waals surface area contributed by atoms with E-state index in [4.69, 9.17) is 10.2 Å². The zero-order valence-corrected chi connectivity index (χ0v) is 10.3. The summed E-state index contributed by atoms with van der Waals surface area (Å²) in [7, 11) is 0. The molecule has 0 saturated heterocycles. The van der Waals surface area contributed by atoms with Crippen molar-refractivity contribution in [3.8, 4) is 0 Å². The van der Waals surface area contributed by atoms with Crippen molar-refractivity contribution in [1.82, 2.24) is 0 Å². The van der Waals surface area contributed by atoms with E-state index in [1.54, 1.807) is 12.1 Å². The fourth-order valence-corrected chi connectivity index (χ4v) is 2.52. The molecule has 1 rings (SSSR count). The Morgan fingerprint density at radius 3 is 2.80 bits per heavy atom. The summed E-state index contributed by atoms with van der Waals surface area (Å²) >= 11 is 4.76. The second kappa shape index (κ2) is 6.27. The van der Waals surface area contributed by atoms with Gasteiger partial charge in [0.25, 0.3) is 0 Å². The Morgan fingerprint density at radius 1 is 1.53 bits per heavy atom. The molecule has 0 aliphatic carbocycles. The smallest absolute Gasteiger partial charge is 0.150 e. The van der Waals surface area contributed by atoms with Gasteiger partial charge in [0, 0.05) is 20.7 Å². The van der Waals surface area contributed by atoms with Gasteiger partial charge in [0.1, 0.15) is 6.29 Å². The van der Waals surface area contributed by atoms with Crippen molar-refractivity contribution in [2.24, 2.45) is 0 Å². The summed E-state index contributed by atoms with van der Waals surface area (Å²) in [5.41, 5.74) is 0.605. The van der Waals surface area contributed by atoms with Gasteiger partial charge >= 0.3 is 0 Å². The van der Waals surface area contributed by atoms with Crippen molar-refractivity contribution >= 4 is 34.0 Å². The SMILES string of the molecule is O=Cc1ccc(SCC(O)CO)c(Br)c1. The first-order chi connectivity index (χ1) is 7.17. The third kappa shape index (κ3) is 3.95. The van der Waals surface area contributed by atoms with E-state index in [1.165, 1.54) is 11.8 Å². The third-order valence-electron chi connectivity index (χ3n) is 1.73. The molecule has 1 aromatic carbocycles. The molecule has 82 valence electrons. The van der Waals surface area contributed by atoms with Gasteiger partial charge in [0.2, 0.25) is 0 Å². The Balaban J connectivity index is 2.65. The number of aliphatic hydroxyl groups is 2. The van der Waals surface area contributed by atoms with E-state index in [0.717, 1.165) is 15.7 Å². The molecule has 0 bridgehead atoms. The molecule has 1 unspecified atom stereocenters. The molecule has 0 heterocycles. The van der Waals surface area contributed by atoms with E-state index in [0.29, 0.717) is 11.3 Å². The summed E-state index contributed by atoms with van der Waals surface area (Å²) in [6.45, 7) is -0.239. The van der Waals surface area contributed by atoms with Crippen LogP contribution in [0, 0.1) is 0 Å². The maximum absolute atomic E-state index is 10.5. The van der Waals surface area contributed by atoms with Crippen molar-refractivity contribution in [2.45, 2.75) is 11.0 Å². The standard InChI is InChI=1S/C10H11BrO3S/c11-9-3-7(4-12)1-2-10(9)15-6-8(14)5-13/h1-4,8,13-14H,5-6H2. The highest BCUT2D eigenvalue weighted by molar-refractivity contribution is 9.10. The molecule has 0 saturated carbocycles. The molecule has 0 fully saturated rings. The van der Waals surface area contributed by atoms with Gasteiger partial charge in [-0.2, -0.15) is 0 Å². The predicted molar refractivity (Wildman–Crippen MR) is 63.3 cm³/mol. The molecule has 1 aromatic rings. The first-order valence-corrected chi connectivity index (χ1v) is 6.11. The van der Waals surface area contributed by atoms with Gasteiger partial charge in [-0.25, -0.2) is 0 Å². The summed E-state index contributed by atoms with van der Waals surface area (Å²) in [4.78, 5) is 11.4. The lowest BCUT2D eigenvalue weighted by molar-refractivity contribution is 0.112. The number of carbonyl (C=O) groups excluding carboxylic acids is 1. The van der Waals surface area contributed by atoms with Gasteiger partial charge in [-0.3, -0.25) is 4.79 Å². The number of aliphatic hydroxyl groups excluding tert-OH is 2. The van der Waals surface area contributed by atoms with E-state index in [1.807, 2.05) is 6.07 Å². The van der Waals surface area contributed by atoms with Crippen molar-refractivity contribution in [2.75, 3.05) is 12.4 Å². The molecule has 0 aliphatic heterocycles. The zero-order chi connectivity index (χ0) is 11.3. The average molecular weight is 291 g/mol. The van der Waals surface area contributed by atoms with Gasteiger partial charge in [0.15, 0.2) is 0 Å². The van der Waals surface area contributed by atoms with Crippen LogP contribution < -0.4 is 0 Å². The number of hydrogen-bond donors (Lipinski definition) is 2. The van der Waals surface area contributed by atoms with Crippen LogP contribution in [0.4, 0.5) is 0 Å². The number of rotatable bonds is 5. The normalized spacial score (nSPS) is 12.5. The molecule has 0 amide bonds. The second-order valence-corrected chi connectivity index (χ2v) is 4.87. The highest BCUT2D eigenvalue weighted by Crippen LogP contribution is 2.28. The second-order valence-electron chi connectivity index (χ2n) is 2.96. The van der Waals surface area contributed by atoms with Crippen LogP contribution in [0.3, 0.4) is 0 Å². The van der Waals surface area contributed by atoms with E-state index in [9.17, 15) is 4.79 Å². The maximum Gasteiger partial charge on any atom is 0.150 e. The first-order valence-electron chi connectivity index (χ1n) is 4.34. The quantitative estimate of drug-likeness (QED) is 0.640. The van der Waals surface area contributed by atoms with Gasteiger partial charge in [-0.15, -0.1) is 11.8 Å². The van der Waals surface area contributed by atoms with E-state index in [-0.39, 0.29) is 6.61 Å². The molecular formula is C10H11BrO3S. The summed E-state index contributed by atoms with van der Waals surface area (Å²) in [5, 5.41) is 17.8. The lowest BCUT2D eigenvalue weighted by Crippen LogP contribution is -2.14. The molecule has 3 nitrogen and oxygen atoms in total. The van der Waals surface area contributed by atoms with Crippen LogP contribution >= 0.6 is 27.7 Å². The molecular weight excluding hydrogens is 280 g/mol. The highest BCUT2D eigenvalue weighted by atomic mass is 79.9. The van der Waals surface area contributed by atoms with Crippen LogP contribution in [-0.4, -0.2) is 35.0 Å². The van der Waals surface area contributed by atoms with Crippen LogP contribution in [0.15, 0.2) is 27.6 Å².